The highest BCUT2D eigenvalue weighted by Gasteiger charge is 2.39. The van der Waals surface area contributed by atoms with Crippen molar-refractivity contribution < 1.29 is 0 Å². The molecular formula is C25H32N4. The van der Waals surface area contributed by atoms with Crippen molar-refractivity contribution in [3.63, 3.8) is 0 Å². The van der Waals surface area contributed by atoms with E-state index < -0.39 is 0 Å². The molecule has 4 nitrogen and oxygen atoms in total. The van der Waals surface area contributed by atoms with Crippen molar-refractivity contribution in [3.8, 4) is 0 Å². The zero-order chi connectivity index (χ0) is 21.0. The molecule has 0 fully saturated rings. The van der Waals surface area contributed by atoms with E-state index in [0.29, 0.717) is 0 Å². The van der Waals surface area contributed by atoms with E-state index >= 15 is 0 Å². The normalized spacial score (nSPS) is 15.6. The summed E-state index contributed by atoms with van der Waals surface area (Å²) in [6.45, 7) is 13.1. The van der Waals surface area contributed by atoms with Crippen LogP contribution in [0.5, 0.6) is 0 Å². The second-order valence-corrected chi connectivity index (χ2v) is 7.67. The van der Waals surface area contributed by atoms with Crippen molar-refractivity contribution >= 4 is 23.0 Å². The minimum Gasteiger partial charge on any atom is -0.302 e. The number of benzene rings is 2. The first-order valence-corrected chi connectivity index (χ1v) is 10.6. The standard InChI is InChI=1S/C23H26N4.C2H6/c1-5-23(3,4)19-13-9-10-14-20(19)27-17(2)26(18-11-7-6-8-12-18)21-22(27)25-16-15-24-21;1-2/h6-17H,5H2,1-4H3;1-2H3. The van der Waals surface area contributed by atoms with Gasteiger partial charge >= 0.3 is 0 Å². The van der Waals surface area contributed by atoms with Gasteiger partial charge in [-0.25, -0.2) is 9.97 Å². The molecule has 3 aromatic rings. The molecule has 1 atom stereocenters. The van der Waals surface area contributed by atoms with Crippen molar-refractivity contribution in [2.24, 2.45) is 0 Å². The number of nitrogens with zero attached hydrogens (tertiary/aromatic N) is 4. The van der Waals surface area contributed by atoms with Crippen LogP contribution in [-0.2, 0) is 5.41 Å². The number of para-hydroxylation sites is 2. The highest BCUT2D eigenvalue weighted by atomic mass is 15.5. The van der Waals surface area contributed by atoms with Gasteiger partial charge in [-0.3, -0.25) is 0 Å². The third kappa shape index (κ3) is 3.71. The molecular weight excluding hydrogens is 356 g/mol. The molecule has 0 spiro atoms. The number of anilines is 4. The Balaban J connectivity index is 0.00000117. The van der Waals surface area contributed by atoms with Gasteiger partial charge in [0.1, 0.15) is 6.17 Å². The van der Waals surface area contributed by atoms with Gasteiger partial charge in [0, 0.05) is 23.8 Å². The molecule has 4 rings (SSSR count). The Morgan fingerprint density at radius 1 is 0.828 bits per heavy atom. The number of hydrogen-bond donors (Lipinski definition) is 0. The van der Waals surface area contributed by atoms with Crippen molar-refractivity contribution in [2.75, 3.05) is 9.80 Å². The van der Waals surface area contributed by atoms with Crippen LogP contribution in [0.4, 0.5) is 23.0 Å². The van der Waals surface area contributed by atoms with Crippen LogP contribution in [0.3, 0.4) is 0 Å². The first-order valence-electron chi connectivity index (χ1n) is 10.6. The van der Waals surface area contributed by atoms with Crippen LogP contribution in [-0.4, -0.2) is 16.1 Å². The lowest BCUT2D eigenvalue weighted by Crippen LogP contribution is -2.37. The molecule has 0 saturated heterocycles. The molecule has 1 aliphatic heterocycles. The minimum absolute atomic E-state index is 0.0820. The predicted octanol–water partition coefficient (Wildman–Crippen LogP) is 6.83. The second-order valence-electron chi connectivity index (χ2n) is 7.67. The van der Waals surface area contributed by atoms with E-state index in [1.54, 1.807) is 12.4 Å². The van der Waals surface area contributed by atoms with E-state index in [9.17, 15) is 0 Å². The highest BCUT2D eigenvalue weighted by molar-refractivity contribution is 5.84. The fourth-order valence-electron chi connectivity index (χ4n) is 3.82. The van der Waals surface area contributed by atoms with Crippen LogP contribution < -0.4 is 9.80 Å². The van der Waals surface area contributed by atoms with Crippen LogP contribution in [0, 0.1) is 0 Å². The first kappa shape index (κ1) is 20.8. The monoisotopic (exact) mass is 388 g/mol. The van der Waals surface area contributed by atoms with E-state index in [1.165, 1.54) is 11.3 Å². The van der Waals surface area contributed by atoms with Gasteiger partial charge in [-0.05, 0) is 42.5 Å². The average molecular weight is 389 g/mol. The van der Waals surface area contributed by atoms with Crippen LogP contribution in [0.25, 0.3) is 0 Å². The summed E-state index contributed by atoms with van der Waals surface area (Å²) in [5, 5.41) is 0. The summed E-state index contributed by atoms with van der Waals surface area (Å²) in [7, 11) is 0. The van der Waals surface area contributed by atoms with Crippen LogP contribution in [0.2, 0.25) is 0 Å². The molecule has 0 radical (unpaired) electrons. The average Bonchev–Trinajstić information content (AvgIpc) is 3.07. The topological polar surface area (TPSA) is 32.3 Å². The SMILES string of the molecule is CC.CCC(C)(C)c1ccccc1N1c2nccnc2N(c2ccccc2)C1C. The van der Waals surface area contributed by atoms with Crippen molar-refractivity contribution in [2.45, 2.75) is 59.5 Å². The van der Waals surface area contributed by atoms with Crippen molar-refractivity contribution in [3.05, 3.63) is 72.6 Å². The summed E-state index contributed by atoms with van der Waals surface area (Å²) in [5.74, 6) is 1.81. The van der Waals surface area contributed by atoms with Gasteiger partial charge in [0.2, 0.25) is 0 Å². The van der Waals surface area contributed by atoms with E-state index in [0.717, 1.165) is 23.7 Å². The van der Waals surface area contributed by atoms with Gasteiger partial charge in [-0.2, -0.15) is 0 Å². The summed E-state index contributed by atoms with van der Waals surface area (Å²) in [5.41, 5.74) is 3.75. The lowest BCUT2D eigenvalue weighted by molar-refractivity contribution is 0.505. The maximum atomic E-state index is 4.71. The Bertz CT molecular complexity index is 936. The predicted molar refractivity (Wildman–Crippen MR) is 123 cm³/mol. The van der Waals surface area contributed by atoms with Gasteiger partial charge < -0.3 is 9.80 Å². The molecule has 152 valence electrons. The fourth-order valence-corrected chi connectivity index (χ4v) is 3.82. The molecule has 1 aromatic heterocycles. The summed E-state index contributed by atoms with van der Waals surface area (Å²) in [4.78, 5) is 14.0. The highest BCUT2D eigenvalue weighted by Crippen LogP contribution is 2.47. The fraction of sp³-hybridized carbons (Fsp3) is 0.360. The van der Waals surface area contributed by atoms with Gasteiger partial charge in [0.15, 0.2) is 11.6 Å². The lowest BCUT2D eigenvalue weighted by Gasteiger charge is -2.34. The largest absolute Gasteiger partial charge is 0.302 e. The quantitative estimate of drug-likeness (QED) is 0.490. The van der Waals surface area contributed by atoms with E-state index in [2.05, 4.69) is 91.0 Å². The van der Waals surface area contributed by atoms with Gasteiger partial charge in [-0.15, -0.1) is 0 Å². The third-order valence-corrected chi connectivity index (χ3v) is 5.67. The van der Waals surface area contributed by atoms with Crippen LogP contribution >= 0.6 is 0 Å². The summed E-state index contributed by atoms with van der Waals surface area (Å²) < 4.78 is 0. The second kappa shape index (κ2) is 8.64. The van der Waals surface area contributed by atoms with Gasteiger partial charge in [-0.1, -0.05) is 71.0 Å². The zero-order valence-corrected chi connectivity index (χ0v) is 18.4. The summed E-state index contributed by atoms with van der Waals surface area (Å²) >= 11 is 0. The number of aromatic nitrogens is 2. The molecule has 4 heteroatoms. The number of hydrogen-bond acceptors (Lipinski definition) is 4. The van der Waals surface area contributed by atoms with E-state index in [4.69, 9.17) is 4.98 Å². The minimum atomic E-state index is 0.0820. The number of rotatable bonds is 4. The maximum absolute atomic E-state index is 4.71. The molecule has 29 heavy (non-hydrogen) atoms. The molecule has 0 aliphatic carbocycles. The smallest absolute Gasteiger partial charge is 0.178 e. The van der Waals surface area contributed by atoms with Crippen LogP contribution in [0.1, 0.15) is 53.5 Å². The maximum Gasteiger partial charge on any atom is 0.178 e. The Kier molecular flexibility index (Phi) is 6.21. The molecule has 1 unspecified atom stereocenters. The van der Waals surface area contributed by atoms with Crippen molar-refractivity contribution in [1.29, 1.82) is 0 Å². The van der Waals surface area contributed by atoms with E-state index in [-0.39, 0.29) is 11.6 Å². The van der Waals surface area contributed by atoms with Gasteiger partial charge in [0.05, 0.1) is 0 Å². The lowest BCUT2D eigenvalue weighted by atomic mass is 9.81. The summed E-state index contributed by atoms with van der Waals surface area (Å²) in [6, 6.07) is 19.1. The van der Waals surface area contributed by atoms with E-state index in [1.807, 2.05) is 19.9 Å². The summed E-state index contributed by atoms with van der Waals surface area (Å²) in [6.07, 6.45) is 4.70. The molecule has 0 saturated carbocycles. The molecule has 2 aromatic carbocycles. The molecule has 2 heterocycles. The molecule has 0 N–H and O–H groups in total. The van der Waals surface area contributed by atoms with Crippen molar-refractivity contribution in [1.82, 2.24) is 9.97 Å². The molecule has 1 aliphatic rings. The molecule has 0 amide bonds. The molecule has 0 bridgehead atoms. The zero-order valence-electron chi connectivity index (χ0n) is 18.4. The Labute approximate surface area is 175 Å². The van der Waals surface area contributed by atoms with Gasteiger partial charge in [0.25, 0.3) is 0 Å². The van der Waals surface area contributed by atoms with Crippen LogP contribution in [0.15, 0.2) is 67.0 Å². The first-order chi connectivity index (χ1) is 14.0. The number of fused-ring (bicyclic) bond motifs is 1. The Morgan fingerprint density at radius 3 is 2.00 bits per heavy atom. The Morgan fingerprint density at radius 2 is 1.38 bits per heavy atom. The Hall–Kier alpha value is -2.88. The third-order valence-electron chi connectivity index (χ3n) is 5.67.